The van der Waals surface area contributed by atoms with Crippen LogP contribution in [0.5, 0.6) is 0 Å². The average molecular weight is 468 g/mol. The topological polar surface area (TPSA) is 69.4 Å². The molecular weight excluding hydrogens is 413 g/mol. The fourth-order valence-electron chi connectivity index (χ4n) is 4.52. The van der Waals surface area contributed by atoms with Gasteiger partial charge < -0.3 is 5.73 Å². The van der Waals surface area contributed by atoms with Crippen LogP contribution < -0.4 is 5.73 Å². The Morgan fingerprint density at radius 1 is 0.767 bits per heavy atom. The largest absolute Gasteiger partial charge is 0.329 e. The molecule has 0 heterocycles. The summed E-state index contributed by atoms with van der Waals surface area (Å²) in [6.07, 6.45) is 23.1. The molecule has 1 aliphatic carbocycles. The van der Waals surface area contributed by atoms with Crippen molar-refractivity contribution >= 4 is 17.4 Å². The first-order valence-corrected chi connectivity index (χ1v) is 17.4. The third kappa shape index (κ3) is 15.2. The fraction of sp³-hybridized carbons (Fsp3) is 1.00. The maximum absolute atomic E-state index is 11.2. The van der Waals surface area contributed by atoms with Gasteiger partial charge in [0.25, 0.3) is 10.1 Å². The summed E-state index contributed by atoms with van der Waals surface area (Å²) in [4.78, 5) is 0. The van der Waals surface area contributed by atoms with E-state index in [1.54, 1.807) is 24.6 Å². The SMILES string of the molecule is CCCC[PH](CCCC)(CCCC)CCCC.NCCS(=O)(=O)OC1CCCCC1. The molecule has 1 aliphatic rings. The molecular formula is C24H54NO3PS. The average Bonchev–Trinajstić information content (AvgIpc) is 2.73. The second-order valence-electron chi connectivity index (χ2n) is 9.32. The van der Waals surface area contributed by atoms with E-state index in [2.05, 4.69) is 27.7 Å². The molecule has 0 atom stereocenters. The molecule has 0 saturated heterocycles. The number of rotatable bonds is 16. The van der Waals surface area contributed by atoms with Crippen molar-refractivity contribution in [2.45, 2.75) is 117 Å². The van der Waals surface area contributed by atoms with Crippen LogP contribution in [0.1, 0.15) is 111 Å². The van der Waals surface area contributed by atoms with E-state index < -0.39 is 17.4 Å². The molecule has 0 aliphatic heterocycles. The summed E-state index contributed by atoms with van der Waals surface area (Å²) < 4.78 is 27.4. The fourth-order valence-corrected chi connectivity index (χ4v) is 11.4. The summed E-state index contributed by atoms with van der Waals surface area (Å²) in [5, 5.41) is 0. The normalized spacial score (nSPS) is 16.2. The third-order valence-corrected chi connectivity index (χ3v) is 13.4. The van der Waals surface area contributed by atoms with Crippen LogP contribution in [0.15, 0.2) is 0 Å². The molecule has 0 radical (unpaired) electrons. The Morgan fingerprint density at radius 2 is 1.17 bits per heavy atom. The molecule has 0 spiro atoms. The van der Waals surface area contributed by atoms with E-state index in [0.717, 1.165) is 25.7 Å². The van der Waals surface area contributed by atoms with Crippen molar-refractivity contribution < 1.29 is 12.6 Å². The number of hydrogen-bond acceptors (Lipinski definition) is 4. The smallest absolute Gasteiger partial charge is 0.268 e. The summed E-state index contributed by atoms with van der Waals surface area (Å²) in [5.41, 5.74) is 5.16. The van der Waals surface area contributed by atoms with Gasteiger partial charge in [0, 0.05) is 6.54 Å². The zero-order chi connectivity index (χ0) is 22.7. The van der Waals surface area contributed by atoms with Crippen molar-refractivity contribution in [3.05, 3.63) is 0 Å². The van der Waals surface area contributed by atoms with Crippen molar-refractivity contribution in [3.63, 3.8) is 0 Å². The number of unbranched alkanes of at least 4 members (excludes halogenated alkanes) is 4. The van der Waals surface area contributed by atoms with E-state index in [4.69, 9.17) is 9.92 Å². The van der Waals surface area contributed by atoms with E-state index >= 15 is 0 Å². The molecule has 0 aromatic carbocycles. The monoisotopic (exact) mass is 467 g/mol. The van der Waals surface area contributed by atoms with Crippen LogP contribution in [-0.2, 0) is 14.3 Å². The standard InChI is InChI=1S/C16H37P.C8H17NO3S/c1-5-9-13-17(14-10-6-2,15-11-7-3)16-12-8-4;9-6-7-13(10,11)12-8-4-2-1-3-5-8/h17H,5-16H2,1-4H3;8H,1-7,9H2. The Bertz CT molecular complexity index is 441. The molecule has 30 heavy (non-hydrogen) atoms. The molecule has 0 aromatic heterocycles. The molecule has 1 fully saturated rings. The summed E-state index contributed by atoms with van der Waals surface area (Å²) in [6.45, 7) is 9.57. The van der Waals surface area contributed by atoms with Crippen molar-refractivity contribution in [2.24, 2.45) is 5.73 Å². The number of hydrogen-bond donors (Lipinski definition) is 1. The van der Waals surface area contributed by atoms with Gasteiger partial charge in [0.05, 0.1) is 11.9 Å². The minimum atomic E-state index is -3.36. The first kappa shape index (κ1) is 30.3. The molecule has 4 nitrogen and oxygen atoms in total. The van der Waals surface area contributed by atoms with Gasteiger partial charge in [-0.05, 0) is 12.8 Å². The van der Waals surface area contributed by atoms with Gasteiger partial charge in [-0.3, -0.25) is 4.18 Å². The van der Waals surface area contributed by atoms with Gasteiger partial charge in [-0.1, -0.05) is 19.3 Å². The van der Waals surface area contributed by atoms with Crippen LogP contribution >= 0.6 is 7.26 Å². The van der Waals surface area contributed by atoms with Gasteiger partial charge >= 0.3 is 111 Å². The molecule has 1 saturated carbocycles. The van der Waals surface area contributed by atoms with Crippen LogP contribution in [0.25, 0.3) is 0 Å². The molecule has 2 N–H and O–H groups in total. The van der Waals surface area contributed by atoms with Crippen LogP contribution in [0.4, 0.5) is 0 Å². The Hall–Kier alpha value is 0.300. The Balaban J connectivity index is 0.000000579. The summed E-state index contributed by atoms with van der Waals surface area (Å²) in [7, 11) is -4.24. The first-order valence-electron chi connectivity index (χ1n) is 13.0. The predicted octanol–water partition coefficient (Wildman–Crippen LogP) is 6.56. The summed E-state index contributed by atoms with van der Waals surface area (Å²) in [6, 6.07) is 0. The van der Waals surface area contributed by atoms with Crippen LogP contribution in [0.2, 0.25) is 0 Å². The second kappa shape index (κ2) is 18.8. The van der Waals surface area contributed by atoms with E-state index in [1.165, 1.54) is 57.8 Å². The van der Waals surface area contributed by atoms with Crippen LogP contribution in [0, 0.1) is 0 Å². The zero-order valence-electron chi connectivity index (χ0n) is 20.7. The van der Waals surface area contributed by atoms with Gasteiger partial charge in [-0.25, -0.2) is 0 Å². The van der Waals surface area contributed by atoms with E-state index in [1.807, 2.05) is 0 Å². The van der Waals surface area contributed by atoms with Gasteiger partial charge in [-0.15, -0.1) is 0 Å². The van der Waals surface area contributed by atoms with Crippen molar-refractivity contribution in [2.75, 3.05) is 36.9 Å². The molecule has 0 aromatic rings. The Kier molecular flexibility index (Phi) is 19.0. The van der Waals surface area contributed by atoms with Crippen molar-refractivity contribution in [1.82, 2.24) is 0 Å². The third-order valence-electron chi connectivity index (χ3n) is 6.45. The summed E-state index contributed by atoms with van der Waals surface area (Å²) >= 11 is 0. The molecule has 0 unspecified atom stereocenters. The van der Waals surface area contributed by atoms with Crippen molar-refractivity contribution in [1.29, 1.82) is 0 Å². The molecule has 1 rings (SSSR count). The second-order valence-corrected chi connectivity index (χ2v) is 16.0. The van der Waals surface area contributed by atoms with Crippen LogP contribution in [-0.4, -0.2) is 51.5 Å². The molecule has 184 valence electrons. The van der Waals surface area contributed by atoms with Crippen LogP contribution in [0.3, 0.4) is 0 Å². The zero-order valence-corrected chi connectivity index (χ0v) is 22.5. The molecule has 0 amide bonds. The van der Waals surface area contributed by atoms with Gasteiger partial charge in [0.1, 0.15) is 0 Å². The maximum atomic E-state index is 11.2. The van der Waals surface area contributed by atoms with E-state index in [-0.39, 0.29) is 18.4 Å². The van der Waals surface area contributed by atoms with Gasteiger partial charge in [0.15, 0.2) is 0 Å². The van der Waals surface area contributed by atoms with E-state index in [9.17, 15) is 8.42 Å². The predicted molar refractivity (Wildman–Crippen MR) is 138 cm³/mol. The maximum Gasteiger partial charge on any atom is 0.268 e. The molecule has 6 heteroatoms. The minimum absolute atomic E-state index is 0.0660. The first-order chi connectivity index (χ1) is 14.4. The van der Waals surface area contributed by atoms with Gasteiger partial charge in [0.2, 0.25) is 0 Å². The Morgan fingerprint density at radius 3 is 1.50 bits per heavy atom. The van der Waals surface area contributed by atoms with E-state index in [0.29, 0.717) is 0 Å². The molecule has 0 bridgehead atoms. The number of nitrogens with two attached hydrogens (primary N) is 1. The van der Waals surface area contributed by atoms with Gasteiger partial charge in [-0.2, -0.15) is 8.42 Å². The van der Waals surface area contributed by atoms with Crippen molar-refractivity contribution in [3.8, 4) is 0 Å². The minimum Gasteiger partial charge on any atom is -0.329 e. The Labute approximate surface area is 190 Å². The quantitative estimate of drug-likeness (QED) is 0.206. The summed E-state index contributed by atoms with van der Waals surface area (Å²) in [5.74, 6) is -0.0660.